The van der Waals surface area contributed by atoms with E-state index < -0.39 is 0 Å². The van der Waals surface area contributed by atoms with Crippen molar-refractivity contribution in [1.29, 1.82) is 0 Å². The Morgan fingerprint density at radius 3 is 2.50 bits per heavy atom. The summed E-state index contributed by atoms with van der Waals surface area (Å²) in [4.78, 5) is 4.61. The molecule has 1 aromatic rings. The standard InChI is InChI=1S/C16H26FN3/c1-2-14(13-18)7-8-19-9-11-20(12-10-19)16-6-4-3-5-15(16)17/h3-6,14H,2,7-13,18H2,1H3. The van der Waals surface area contributed by atoms with Crippen molar-refractivity contribution in [1.82, 2.24) is 4.90 Å². The molecule has 1 unspecified atom stereocenters. The molecule has 1 heterocycles. The Labute approximate surface area is 121 Å². The molecule has 1 saturated heterocycles. The highest BCUT2D eigenvalue weighted by molar-refractivity contribution is 5.47. The second-order valence-corrected chi connectivity index (χ2v) is 5.58. The first-order valence-corrected chi connectivity index (χ1v) is 7.66. The van der Waals surface area contributed by atoms with E-state index >= 15 is 0 Å². The molecule has 1 aromatic carbocycles. The Balaban J connectivity index is 1.79. The molecule has 0 radical (unpaired) electrons. The second-order valence-electron chi connectivity index (χ2n) is 5.58. The van der Waals surface area contributed by atoms with Crippen molar-refractivity contribution in [2.24, 2.45) is 11.7 Å². The fourth-order valence-corrected chi connectivity index (χ4v) is 2.77. The lowest BCUT2D eigenvalue weighted by atomic mass is 10.0. The molecule has 1 aliphatic rings. The highest BCUT2D eigenvalue weighted by Gasteiger charge is 2.19. The van der Waals surface area contributed by atoms with Gasteiger partial charge in [-0.25, -0.2) is 4.39 Å². The van der Waals surface area contributed by atoms with Gasteiger partial charge in [0.05, 0.1) is 5.69 Å². The van der Waals surface area contributed by atoms with E-state index in [1.165, 1.54) is 12.5 Å². The van der Waals surface area contributed by atoms with E-state index in [2.05, 4.69) is 16.7 Å². The van der Waals surface area contributed by atoms with Gasteiger partial charge in [0.1, 0.15) is 5.82 Å². The van der Waals surface area contributed by atoms with Gasteiger partial charge in [0, 0.05) is 26.2 Å². The third kappa shape index (κ3) is 3.93. The number of para-hydroxylation sites is 1. The number of rotatable bonds is 6. The minimum Gasteiger partial charge on any atom is -0.367 e. The zero-order chi connectivity index (χ0) is 14.4. The monoisotopic (exact) mass is 279 g/mol. The number of hydrogen-bond donors (Lipinski definition) is 1. The van der Waals surface area contributed by atoms with Crippen molar-refractivity contribution < 1.29 is 4.39 Å². The van der Waals surface area contributed by atoms with Crippen LogP contribution in [-0.4, -0.2) is 44.2 Å². The summed E-state index contributed by atoms with van der Waals surface area (Å²) in [6, 6.07) is 7.05. The van der Waals surface area contributed by atoms with Crippen LogP contribution < -0.4 is 10.6 Å². The van der Waals surface area contributed by atoms with Gasteiger partial charge in [-0.1, -0.05) is 25.5 Å². The van der Waals surface area contributed by atoms with Crippen LogP contribution in [0.2, 0.25) is 0 Å². The Kier molecular flexibility index (Phi) is 5.80. The van der Waals surface area contributed by atoms with E-state index in [0.717, 1.165) is 51.4 Å². The molecule has 0 aliphatic carbocycles. The van der Waals surface area contributed by atoms with E-state index in [0.29, 0.717) is 5.92 Å². The Hall–Kier alpha value is -1.13. The largest absolute Gasteiger partial charge is 0.367 e. The molecule has 0 amide bonds. The predicted octanol–water partition coefficient (Wildman–Crippen LogP) is 2.32. The van der Waals surface area contributed by atoms with Crippen molar-refractivity contribution in [2.75, 3.05) is 44.2 Å². The lowest BCUT2D eigenvalue weighted by molar-refractivity contribution is 0.237. The molecule has 0 saturated carbocycles. The number of nitrogens with zero attached hydrogens (tertiary/aromatic N) is 2. The van der Waals surface area contributed by atoms with Crippen LogP contribution >= 0.6 is 0 Å². The molecule has 0 bridgehead atoms. The van der Waals surface area contributed by atoms with Crippen molar-refractivity contribution in [3.63, 3.8) is 0 Å². The predicted molar refractivity (Wildman–Crippen MR) is 82.5 cm³/mol. The topological polar surface area (TPSA) is 32.5 Å². The number of benzene rings is 1. The van der Waals surface area contributed by atoms with E-state index in [-0.39, 0.29) is 5.82 Å². The SMILES string of the molecule is CCC(CN)CCN1CCN(c2ccccc2F)CC1. The highest BCUT2D eigenvalue weighted by atomic mass is 19.1. The number of anilines is 1. The maximum Gasteiger partial charge on any atom is 0.146 e. The highest BCUT2D eigenvalue weighted by Crippen LogP contribution is 2.20. The molecule has 3 nitrogen and oxygen atoms in total. The van der Waals surface area contributed by atoms with Gasteiger partial charge in [-0.3, -0.25) is 4.90 Å². The molecule has 20 heavy (non-hydrogen) atoms. The van der Waals surface area contributed by atoms with Crippen LogP contribution in [0, 0.1) is 11.7 Å². The molecule has 1 aliphatic heterocycles. The third-order valence-corrected chi connectivity index (χ3v) is 4.33. The number of piperazine rings is 1. The Morgan fingerprint density at radius 2 is 1.90 bits per heavy atom. The van der Waals surface area contributed by atoms with Crippen LogP contribution in [0.1, 0.15) is 19.8 Å². The first-order valence-electron chi connectivity index (χ1n) is 7.66. The van der Waals surface area contributed by atoms with E-state index in [4.69, 9.17) is 5.73 Å². The normalized spacial score (nSPS) is 18.2. The van der Waals surface area contributed by atoms with Crippen LogP contribution in [0.3, 0.4) is 0 Å². The maximum atomic E-state index is 13.7. The zero-order valence-electron chi connectivity index (χ0n) is 12.4. The number of halogens is 1. The van der Waals surface area contributed by atoms with Crippen molar-refractivity contribution in [3.05, 3.63) is 30.1 Å². The van der Waals surface area contributed by atoms with E-state index in [1.54, 1.807) is 6.07 Å². The molecule has 2 N–H and O–H groups in total. The average molecular weight is 279 g/mol. The van der Waals surface area contributed by atoms with Gasteiger partial charge in [-0.2, -0.15) is 0 Å². The summed E-state index contributed by atoms with van der Waals surface area (Å²) in [5.74, 6) is 0.523. The van der Waals surface area contributed by atoms with Gasteiger partial charge in [0.2, 0.25) is 0 Å². The Morgan fingerprint density at radius 1 is 1.20 bits per heavy atom. The van der Waals surface area contributed by atoms with Crippen molar-refractivity contribution >= 4 is 5.69 Å². The molecule has 1 fully saturated rings. The molecular weight excluding hydrogens is 253 g/mol. The average Bonchev–Trinajstić information content (AvgIpc) is 2.49. The quantitative estimate of drug-likeness (QED) is 0.867. The third-order valence-electron chi connectivity index (χ3n) is 4.33. The summed E-state index contributed by atoms with van der Waals surface area (Å²) < 4.78 is 13.7. The molecule has 1 atom stereocenters. The lowest BCUT2D eigenvalue weighted by Gasteiger charge is -2.36. The van der Waals surface area contributed by atoms with Crippen LogP contribution in [0.5, 0.6) is 0 Å². The van der Waals surface area contributed by atoms with Crippen LogP contribution in [-0.2, 0) is 0 Å². The fraction of sp³-hybridized carbons (Fsp3) is 0.625. The van der Waals surface area contributed by atoms with Gasteiger partial charge in [-0.05, 0) is 37.6 Å². The van der Waals surface area contributed by atoms with Crippen LogP contribution in [0.15, 0.2) is 24.3 Å². The van der Waals surface area contributed by atoms with Crippen LogP contribution in [0.4, 0.5) is 10.1 Å². The van der Waals surface area contributed by atoms with Gasteiger partial charge in [-0.15, -0.1) is 0 Å². The molecule has 2 rings (SSSR count). The Bertz CT molecular complexity index is 398. The zero-order valence-corrected chi connectivity index (χ0v) is 12.4. The smallest absolute Gasteiger partial charge is 0.146 e. The van der Waals surface area contributed by atoms with Gasteiger partial charge in [0.25, 0.3) is 0 Å². The minimum atomic E-state index is -0.116. The molecular formula is C16H26FN3. The first kappa shape index (κ1) is 15.3. The molecule has 0 spiro atoms. The number of nitrogens with two attached hydrogens (primary N) is 1. The van der Waals surface area contributed by atoms with E-state index in [9.17, 15) is 4.39 Å². The van der Waals surface area contributed by atoms with Gasteiger partial charge < -0.3 is 10.6 Å². The van der Waals surface area contributed by atoms with Gasteiger partial charge in [0.15, 0.2) is 0 Å². The minimum absolute atomic E-state index is 0.116. The summed E-state index contributed by atoms with van der Waals surface area (Å²) in [5, 5.41) is 0. The van der Waals surface area contributed by atoms with Crippen molar-refractivity contribution in [2.45, 2.75) is 19.8 Å². The summed E-state index contributed by atoms with van der Waals surface area (Å²) in [7, 11) is 0. The summed E-state index contributed by atoms with van der Waals surface area (Å²) in [6.45, 7) is 7.92. The van der Waals surface area contributed by atoms with Gasteiger partial charge >= 0.3 is 0 Å². The molecule has 4 heteroatoms. The summed E-state index contributed by atoms with van der Waals surface area (Å²) in [6.07, 6.45) is 2.33. The fourth-order valence-electron chi connectivity index (χ4n) is 2.77. The maximum absolute atomic E-state index is 13.7. The number of hydrogen-bond acceptors (Lipinski definition) is 3. The second kappa shape index (κ2) is 7.60. The molecule has 112 valence electrons. The van der Waals surface area contributed by atoms with Crippen molar-refractivity contribution in [3.8, 4) is 0 Å². The van der Waals surface area contributed by atoms with Crippen LogP contribution in [0.25, 0.3) is 0 Å². The summed E-state index contributed by atoms with van der Waals surface area (Å²) >= 11 is 0. The lowest BCUT2D eigenvalue weighted by Crippen LogP contribution is -2.47. The van der Waals surface area contributed by atoms with E-state index in [1.807, 2.05) is 12.1 Å². The molecule has 0 aromatic heterocycles. The first-order chi connectivity index (χ1) is 9.74. The summed E-state index contributed by atoms with van der Waals surface area (Å²) in [5.41, 5.74) is 6.48.